The van der Waals surface area contributed by atoms with E-state index in [1.54, 1.807) is 12.1 Å². The third kappa shape index (κ3) is 1.73. The van der Waals surface area contributed by atoms with Crippen LogP contribution in [-0.2, 0) is 0 Å². The van der Waals surface area contributed by atoms with Crippen LogP contribution in [0, 0.1) is 11.7 Å². The van der Waals surface area contributed by atoms with E-state index in [0.717, 1.165) is 13.1 Å². The first-order valence-corrected chi connectivity index (χ1v) is 4.73. The highest BCUT2D eigenvalue weighted by Crippen LogP contribution is 2.27. The van der Waals surface area contributed by atoms with Crippen molar-refractivity contribution in [1.82, 2.24) is 5.32 Å². The monoisotopic (exact) mass is 179 g/mol. The van der Waals surface area contributed by atoms with Crippen molar-refractivity contribution in [1.29, 1.82) is 0 Å². The summed E-state index contributed by atoms with van der Waals surface area (Å²) in [5.41, 5.74) is 1.25. The number of halogens is 1. The molecule has 1 heterocycles. The fraction of sp³-hybridized carbons (Fsp3) is 0.455. The maximum atomic E-state index is 12.7. The van der Waals surface area contributed by atoms with Crippen LogP contribution in [0.2, 0.25) is 0 Å². The largest absolute Gasteiger partial charge is 0.316 e. The van der Waals surface area contributed by atoms with Crippen molar-refractivity contribution >= 4 is 0 Å². The summed E-state index contributed by atoms with van der Waals surface area (Å²) >= 11 is 0. The van der Waals surface area contributed by atoms with Gasteiger partial charge in [-0.1, -0.05) is 19.1 Å². The van der Waals surface area contributed by atoms with Gasteiger partial charge in [0.05, 0.1) is 0 Å². The molecule has 1 aromatic rings. The summed E-state index contributed by atoms with van der Waals surface area (Å²) in [6.45, 7) is 4.32. The van der Waals surface area contributed by atoms with E-state index in [2.05, 4.69) is 12.2 Å². The molecule has 70 valence electrons. The molecule has 0 saturated carbocycles. The molecule has 0 bridgehead atoms. The molecule has 0 aliphatic carbocycles. The van der Waals surface area contributed by atoms with Gasteiger partial charge < -0.3 is 5.32 Å². The standard InChI is InChI=1S/C11H14FN/c1-8-6-13-7-11(8)9-2-4-10(12)5-3-9/h2-5,8,11,13H,6-7H2,1H3/t8-,11-/m1/s1. The highest BCUT2D eigenvalue weighted by molar-refractivity contribution is 5.22. The molecule has 1 N–H and O–H groups in total. The predicted octanol–water partition coefficient (Wildman–Crippen LogP) is 2.15. The van der Waals surface area contributed by atoms with Crippen molar-refractivity contribution < 1.29 is 4.39 Å². The first-order chi connectivity index (χ1) is 6.27. The second kappa shape index (κ2) is 3.46. The number of nitrogens with one attached hydrogen (secondary N) is 1. The van der Waals surface area contributed by atoms with Gasteiger partial charge in [-0.3, -0.25) is 0 Å². The predicted molar refractivity (Wildman–Crippen MR) is 51.2 cm³/mol. The quantitative estimate of drug-likeness (QED) is 0.696. The average molecular weight is 179 g/mol. The first-order valence-electron chi connectivity index (χ1n) is 4.73. The zero-order chi connectivity index (χ0) is 9.26. The lowest BCUT2D eigenvalue weighted by atomic mass is 9.90. The van der Waals surface area contributed by atoms with Gasteiger partial charge in [0.15, 0.2) is 0 Å². The van der Waals surface area contributed by atoms with E-state index in [-0.39, 0.29) is 5.82 Å². The van der Waals surface area contributed by atoms with E-state index in [1.165, 1.54) is 5.56 Å². The highest BCUT2D eigenvalue weighted by atomic mass is 19.1. The normalized spacial score (nSPS) is 27.8. The summed E-state index contributed by atoms with van der Waals surface area (Å²) in [6, 6.07) is 6.87. The number of hydrogen-bond donors (Lipinski definition) is 1. The van der Waals surface area contributed by atoms with E-state index >= 15 is 0 Å². The van der Waals surface area contributed by atoms with Crippen LogP contribution >= 0.6 is 0 Å². The minimum Gasteiger partial charge on any atom is -0.316 e. The molecule has 13 heavy (non-hydrogen) atoms. The Morgan fingerprint density at radius 2 is 1.92 bits per heavy atom. The van der Waals surface area contributed by atoms with Crippen LogP contribution < -0.4 is 5.32 Å². The number of hydrogen-bond acceptors (Lipinski definition) is 1. The van der Waals surface area contributed by atoms with Gasteiger partial charge >= 0.3 is 0 Å². The third-order valence-electron chi connectivity index (χ3n) is 2.82. The summed E-state index contributed by atoms with van der Waals surface area (Å²) in [5.74, 6) is 1.06. The van der Waals surface area contributed by atoms with Gasteiger partial charge in [-0.15, -0.1) is 0 Å². The Labute approximate surface area is 78.0 Å². The van der Waals surface area contributed by atoms with Gasteiger partial charge in [-0.25, -0.2) is 4.39 Å². The Balaban J connectivity index is 2.20. The Morgan fingerprint density at radius 3 is 2.46 bits per heavy atom. The molecule has 1 nitrogen and oxygen atoms in total. The lowest BCUT2D eigenvalue weighted by molar-refractivity contribution is 0.569. The average Bonchev–Trinajstić information content (AvgIpc) is 2.53. The van der Waals surface area contributed by atoms with Crippen molar-refractivity contribution in [2.45, 2.75) is 12.8 Å². The van der Waals surface area contributed by atoms with Crippen molar-refractivity contribution in [2.24, 2.45) is 5.92 Å². The molecule has 2 atom stereocenters. The smallest absolute Gasteiger partial charge is 0.123 e. The molecular formula is C11H14FN. The molecule has 0 amide bonds. The minimum atomic E-state index is -0.151. The van der Waals surface area contributed by atoms with Gasteiger partial charge in [0.25, 0.3) is 0 Å². The van der Waals surface area contributed by atoms with Crippen molar-refractivity contribution in [2.75, 3.05) is 13.1 Å². The molecule has 0 unspecified atom stereocenters. The zero-order valence-corrected chi connectivity index (χ0v) is 7.76. The van der Waals surface area contributed by atoms with E-state index in [1.807, 2.05) is 12.1 Å². The Hall–Kier alpha value is -0.890. The molecule has 0 radical (unpaired) electrons. The van der Waals surface area contributed by atoms with E-state index in [9.17, 15) is 4.39 Å². The summed E-state index contributed by atoms with van der Waals surface area (Å²) in [7, 11) is 0. The van der Waals surface area contributed by atoms with E-state index in [0.29, 0.717) is 11.8 Å². The molecule has 0 aromatic heterocycles. The molecule has 1 saturated heterocycles. The molecular weight excluding hydrogens is 165 g/mol. The molecule has 1 aromatic carbocycles. The van der Waals surface area contributed by atoms with Gasteiger partial charge in [0.1, 0.15) is 5.82 Å². The number of benzene rings is 1. The van der Waals surface area contributed by atoms with Gasteiger partial charge in [-0.05, 0) is 30.2 Å². The van der Waals surface area contributed by atoms with Crippen LogP contribution in [0.15, 0.2) is 24.3 Å². The lowest BCUT2D eigenvalue weighted by Crippen LogP contribution is -2.07. The molecule has 1 aliphatic heterocycles. The van der Waals surface area contributed by atoms with Gasteiger partial charge in [-0.2, -0.15) is 0 Å². The SMILES string of the molecule is C[C@@H]1CNC[C@H]1c1ccc(F)cc1. The maximum absolute atomic E-state index is 12.7. The summed E-state index contributed by atoms with van der Waals surface area (Å²) in [4.78, 5) is 0. The Morgan fingerprint density at radius 1 is 1.23 bits per heavy atom. The third-order valence-corrected chi connectivity index (χ3v) is 2.82. The molecule has 1 aliphatic rings. The van der Waals surface area contributed by atoms with E-state index in [4.69, 9.17) is 0 Å². The first kappa shape index (κ1) is 8.70. The van der Waals surface area contributed by atoms with Crippen LogP contribution in [0.25, 0.3) is 0 Å². The second-order valence-corrected chi connectivity index (χ2v) is 3.79. The van der Waals surface area contributed by atoms with Crippen LogP contribution in [0.5, 0.6) is 0 Å². The molecule has 2 heteroatoms. The zero-order valence-electron chi connectivity index (χ0n) is 7.76. The summed E-state index contributed by atoms with van der Waals surface area (Å²) < 4.78 is 12.7. The molecule has 1 fully saturated rings. The van der Waals surface area contributed by atoms with Crippen molar-refractivity contribution in [3.05, 3.63) is 35.6 Å². The minimum absolute atomic E-state index is 0.151. The van der Waals surface area contributed by atoms with Crippen LogP contribution in [0.3, 0.4) is 0 Å². The fourth-order valence-corrected chi connectivity index (χ4v) is 1.97. The molecule has 0 spiro atoms. The van der Waals surface area contributed by atoms with E-state index < -0.39 is 0 Å². The van der Waals surface area contributed by atoms with Gasteiger partial charge in [0.2, 0.25) is 0 Å². The van der Waals surface area contributed by atoms with Crippen LogP contribution in [0.1, 0.15) is 18.4 Å². The maximum Gasteiger partial charge on any atom is 0.123 e. The topological polar surface area (TPSA) is 12.0 Å². The van der Waals surface area contributed by atoms with Crippen LogP contribution in [0.4, 0.5) is 4.39 Å². The number of rotatable bonds is 1. The van der Waals surface area contributed by atoms with Crippen LogP contribution in [-0.4, -0.2) is 13.1 Å². The highest BCUT2D eigenvalue weighted by Gasteiger charge is 2.24. The summed E-state index contributed by atoms with van der Waals surface area (Å²) in [6.07, 6.45) is 0. The Kier molecular flexibility index (Phi) is 2.32. The van der Waals surface area contributed by atoms with Crippen molar-refractivity contribution in [3.8, 4) is 0 Å². The van der Waals surface area contributed by atoms with Crippen molar-refractivity contribution in [3.63, 3.8) is 0 Å². The second-order valence-electron chi connectivity index (χ2n) is 3.79. The summed E-state index contributed by atoms with van der Waals surface area (Å²) in [5, 5.41) is 3.34. The lowest BCUT2D eigenvalue weighted by Gasteiger charge is -2.13. The Bertz CT molecular complexity index is 281. The fourth-order valence-electron chi connectivity index (χ4n) is 1.97. The van der Waals surface area contributed by atoms with Gasteiger partial charge in [0, 0.05) is 12.5 Å². The molecule has 2 rings (SSSR count).